The highest BCUT2D eigenvalue weighted by molar-refractivity contribution is 5.49. The van der Waals surface area contributed by atoms with Gasteiger partial charge >= 0.3 is 0 Å². The van der Waals surface area contributed by atoms with Crippen molar-refractivity contribution in [1.82, 2.24) is 9.97 Å². The highest BCUT2D eigenvalue weighted by atomic mass is 15.3. The Kier molecular flexibility index (Phi) is 4.04. The Hall–Kier alpha value is -1.32. The fourth-order valence-electron chi connectivity index (χ4n) is 2.71. The van der Waals surface area contributed by atoms with Crippen molar-refractivity contribution in [3.63, 3.8) is 0 Å². The van der Waals surface area contributed by atoms with E-state index in [0.717, 1.165) is 30.3 Å². The van der Waals surface area contributed by atoms with Crippen LogP contribution in [0.4, 0.5) is 11.8 Å². The molecule has 0 amide bonds. The summed E-state index contributed by atoms with van der Waals surface area (Å²) in [6, 6.07) is 0. The van der Waals surface area contributed by atoms with Crippen LogP contribution in [0, 0.1) is 6.92 Å². The van der Waals surface area contributed by atoms with Crippen molar-refractivity contribution in [2.75, 3.05) is 23.7 Å². The number of rotatable bonds is 2. The molecule has 0 bridgehead atoms. The maximum atomic E-state index is 6.09. The molecule has 100 valence electrons. The van der Waals surface area contributed by atoms with Gasteiger partial charge < -0.3 is 10.6 Å². The number of hydrogen-bond acceptors (Lipinski definition) is 4. The molecular formula is C14H24N4. The summed E-state index contributed by atoms with van der Waals surface area (Å²) in [7, 11) is 0. The SMILES string of the molecule is Cc1nc(N2CCCCCC2)nc(N)c1C(C)C. The molecule has 2 heterocycles. The minimum atomic E-state index is 0.378. The quantitative estimate of drug-likeness (QED) is 0.874. The average Bonchev–Trinajstić information content (AvgIpc) is 2.55. The zero-order valence-electron chi connectivity index (χ0n) is 11.7. The maximum absolute atomic E-state index is 6.09. The molecule has 0 spiro atoms. The second-order valence-electron chi connectivity index (χ2n) is 5.46. The van der Waals surface area contributed by atoms with Crippen molar-refractivity contribution in [1.29, 1.82) is 0 Å². The maximum Gasteiger partial charge on any atom is 0.227 e. The lowest BCUT2D eigenvalue weighted by atomic mass is 10.0. The molecule has 0 unspecified atom stereocenters. The largest absolute Gasteiger partial charge is 0.383 e. The Morgan fingerprint density at radius 1 is 1.06 bits per heavy atom. The van der Waals surface area contributed by atoms with E-state index in [1.807, 2.05) is 6.92 Å². The third-order valence-electron chi connectivity index (χ3n) is 3.62. The van der Waals surface area contributed by atoms with Gasteiger partial charge in [0.1, 0.15) is 5.82 Å². The number of nitrogens with zero attached hydrogens (tertiary/aromatic N) is 3. The van der Waals surface area contributed by atoms with Crippen LogP contribution in [0.2, 0.25) is 0 Å². The summed E-state index contributed by atoms with van der Waals surface area (Å²) in [6.45, 7) is 8.41. The van der Waals surface area contributed by atoms with E-state index in [4.69, 9.17) is 5.73 Å². The second-order valence-corrected chi connectivity index (χ2v) is 5.46. The number of nitrogen functional groups attached to an aromatic ring is 1. The molecule has 1 aliphatic rings. The molecular weight excluding hydrogens is 224 g/mol. The van der Waals surface area contributed by atoms with Crippen LogP contribution in [0.25, 0.3) is 0 Å². The summed E-state index contributed by atoms with van der Waals surface area (Å²) >= 11 is 0. The summed E-state index contributed by atoms with van der Waals surface area (Å²) < 4.78 is 0. The first-order valence-electron chi connectivity index (χ1n) is 6.98. The van der Waals surface area contributed by atoms with E-state index in [-0.39, 0.29) is 0 Å². The van der Waals surface area contributed by atoms with Crippen LogP contribution in [0.15, 0.2) is 0 Å². The minimum Gasteiger partial charge on any atom is -0.383 e. The van der Waals surface area contributed by atoms with Gasteiger partial charge in [-0.3, -0.25) is 0 Å². The molecule has 4 heteroatoms. The van der Waals surface area contributed by atoms with E-state index in [9.17, 15) is 0 Å². The van der Waals surface area contributed by atoms with Crippen LogP contribution in [0.1, 0.15) is 56.7 Å². The molecule has 1 aromatic heterocycles. The van der Waals surface area contributed by atoms with Gasteiger partial charge in [0.15, 0.2) is 0 Å². The molecule has 0 saturated carbocycles. The number of aromatic nitrogens is 2. The summed E-state index contributed by atoms with van der Waals surface area (Å²) in [5, 5.41) is 0. The highest BCUT2D eigenvalue weighted by Gasteiger charge is 2.17. The summed E-state index contributed by atoms with van der Waals surface area (Å²) in [4.78, 5) is 11.4. The Balaban J connectivity index is 2.29. The Morgan fingerprint density at radius 3 is 2.17 bits per heavy atom. The van der Waals surface area contributed by atoms with Gasteiger partial charge in [-0.05, 0) is 25.7 Å². The van der Waals surface area contributed by atoms with E-state index in [1.54, 1.807) is 0 Å². The number of nitrogens with two attached hydrogens (primary N) is 1. The van der Waals surface area contributed by atoms with Crippen LogP contribution in [0.5, 0.6) is 0 Å². The lowest BCUT2D eigenvalue weighted by Crippen LogP contribution is -2.27. The van der Waals surface area contributed by atoms with Gasteiger partial charge in [-0.2, -0.15) is 4.98 Å². The van der Waals surface area contributed by atoms with Crippen LogP contribution in [0.3, 0.4) is 0 Å². The topological polar surface area (TPSA) is 55.0 Å². The number of aryl methyl sites for hydroxylation is 1. The monoisotopic (exact) mass is 248 g/mol. The van der Waals surface area contributed by atoms with Crippen LogP contribution >= 0.6 is 0 Å². The first-order valence-corrected chi connectivity index (χ1v) is 6.98. The van der Waals surface area contributed by atoms with E-state index in [2.05, 4.69) is 28.7 Å². The lowest BCUT2D eigenvalue weighted by Gasteiger charge is -2.22. The minimum absolute atomic E-state index is 0.378. The van der Waals surface area contributed by atoms with Gasteiger partial charge in [0, 0.05) is 24.3 Å². The Morgan fingerprint density at radius 2 is 1.67 bits per heavy atom. The zero-order valence-corrected chi connectivity index (χ0v) is 11.7. The molecule has 1 fully saturated rings. The summed E-state index contributed by atoms with van der Waals surface area (Å²) in [5.74, 6) is 1.84. The Labute approximate surface area is 110 Å². The molecule has 1 saturated heterocycles. The van der Waals surface area contributed by atoms with Crippen molar-refractivity contribution in [3.05, 3.63) is 11.3 Å². The first-order chi connectivity index (χ1) is 8.59. The molecule has 18 heavy (non-hydrogen) atoms. The molecule has 1 aliphatic heterocycles. The fourth-order valence-corrected chi connectivity index (χ4v) is 2.71. The normalized spacial score (nSPS) is 17.0. The van der Waals surface area contributed by atoms with E-state index in [1.165, 1.54) is 25.7 Å². The zero-order chi connectivity index (χ0) is 13.1. The van der Waals surface area contributed by atoms with Gasteiger partial charge in [-0.1, -0.05) is 26.7 Å². The molecule has 0 atom stereocenters. The lowest BCUT2D eigenvalue weighted by molar-refractivity contribution is 0.726. The molecule has 2 N–H and O–H groups in total. The van der Waals surface area contributed by atoms with Crippen molar-refractivity contribution >= 4 is 11.8 Å². The number of anilines is 2. The fraction of sp³-hybridized carbons (Fsp3) is 0.714. The van der Waals surface area contributed by atoms with E-state index >= 15 is 0 Å². The number of hydrogen-bond donors (Lipinski definition) is 1. The molecule has 0 aromatic carbocycles. The molecule has 1 aromatic rings. The average molecular weight is 248 g/mol. The van der Waals surface area contributed by atoms with Gasteiger partial charge in [0.05, 0.1) is 0 Å². The third kappa shape index (κ3) is 2.74. The van der Waals surface area contributed by atoms with Gasteiger partial charge in [0.2, 0.25) is 5.95 Å². The van der Waals surface area contributed by atoms with Crippen LogP contribution in [-0.2, 0) is 0 Å². The Bertz CT molecular complexity index is 383. The van der Waals surface area contributed by atoms with E-state index in [0.29, 0.717) is 11.7 Å². The van der Waals surface area contributed by atoms with Gasteiger partial charge in [-0.25, -0.2) is 4.98 Å². The highest BCUT2D eigenvalue weighted by Crippen LogP contribution is 2.26. The van der Waals surface area contributed by atoms with E-state index < -0.39 is 0 Å². The molecule has 0 radical (unpaired) electrons. The van der Waals surface area contributed by atoms with Gasteiger partial charge in [-0.15, -0.1) is 0 Å². The second kappa shape index (κ2) is 5.55. The third-order valence-corrected chi connectivity index (χ3v) is 3.62. The van der Waals surface area contributed by atoms with Crippen molar-refractivity contribution < 1.29 is 0 Å². The standard InChI is InChI=1S/C14H24N4/c1-10(2)12-11(3)16-14(17-13(12)15)18-8-6-4-5-7-9-18/h10H,4-9H2,1-3H3,(H2,15,16,17). The predicted molar refractivity (Wildman–Crippen MR) is 76.0 cm³/mol. The molecule has 2 rings (SSSR count). The van der Waals surface area contributed by atoms with Crippen LogP contribution < -0.4 is 10.6 Å². The van der Waals surface area contributed by atoms with Crippen LogP contribution in [-0.4, -0.2) is 23.1 Å². The first kappa shape index (κ1) is 13.1. The van der Waals surface area contributed by atoms with Crippen molar-refractivity contribution in [2.45, 2.75) is 52.4 Å². The predicted octanol–water partition coefficient (Wildman–Crippen LogP) is 2.87. The van der Waals surface area contributed by atoms with Crippen molar-refractivity contribution in [2.24, 2.45) is 0 Å². The van der Waals surface area contributed by atoms with Crippen molar-refractivity contribution in [3.8, 4) is 0 Å². The van der Waals surface area contributed by atoms with Gasteiger partial charge in [0.25, 0.3) is 0 Å². The molecule has 0 aliphatic carbocycles. The summed E-state index contributed by atoms with van der Waals surface area (Å²) in [5.41, 5.74) is 8.21. The summed E-state index contributed by atoms with van der Waals surface area (Å²) in [6.07, 6.45) is 5.09. The smallest absolute Gasteiger partial charge is 0.227 e. The molecule has 4 nitrogen and oxygen atoms in total.